The van der Waals surface area contributed by atoms with Gasteiger partial charge in [0.25, 0.3) is 0 Å². The molecule has 1 heterocycles. The molecule has 5 heteroatoms. The van der Waals surface area contributed by atoms with E-state index in [0.29, 0.717) is 6.42 Å². The largest absolute Gasteiger partial charge is 0.481 e. The van der Waals surface area contributed by atoms with Crippen molar-refractivity contribution in [1.82, 2.24) is 5.32 Å². The summed E-state index contributed by atoms with van der Waals surface area (Å²) in [4.78, 5) is 24.7. The molecule has 1 fully saturated rings. The average Bonchev–Trinajstić information content (AvgIpc) is 2.95. The Labute approximate surface area is 104 Å². The predicted octanol–water partition coefficient (Wildman–Crippen LogP) is 1.95. The molecular weight excluding hydrogens is 238 g/mol. The number of carboxylic acid groups (broad SMARTS) is 1. The second kappa shape index (κ2) is 4.49. The molecule has 0 radical (unpaired) electrons. The number of hydrogen-bond donors (Lipinski definition) is 2. The van der Waals surface area contributed by atoms with E-state index in [-0.39, 0.29) is 17.9 Å². The lowest BCUT2D eigenvalue weighted by atomic mass is 10.2. The molecule has 1 saturated carbocycles. The third-order valence-electron chi connectivity index (χ3n) is 2.99. The maximum atomic E-state index is 11.7. The Bertz CT molecular complexity index is 454. The van der Waals surface area contributed by atoms with Crippen LogP contribution in [0.5, 0.6) is 0 Å². The minimum Gasteiger partial charge on any atom is -0.481 e. The second-order valence-corrected chi connectivity index (χ2v) is 5.79. The summed E-state index contributed by atoms with van der Waals surface area (Å²) >= 11 is 1.65. The first-order valence-electron chi connectivity index (χ1n) is 5.58. The Morgan fingerprint density at radius 3 is 2.65 bits per heavy atom. The number of aliphatic carboxylic acids is 1. The van der Waals surface area contributed by atoms with Crippen LogP contribution in [0.1, 0.15) is 29.1 Å². The van der Waals surface area contributed by atoms with E-state index in [1.165, 1.54) is 4.88 Å². The van der Waals surface area contributed by atoms with Crippen LogP contribution in [0.3, 0.4) is 0 Å². The minimum absolute atomic E-state index is 0.0451. The second-order valence-electron chi connectivity index (χ2n) is 4.47. The maximum Gasteiger partial charge on any atom is 0.307 e. The van der Waals surface area contributed by atoms with E-state index < -0.39 is 11.9 Å². The van der Waals surface area contributed by atoms with Gasteiger partial charge in [-0.1, -0.05) is 0 Å². The molecule has 3 unspecified atom stereocenters. The van der Waals surface area contributed by atoms with Crippen LogP contribution in [-0.2, 0) is 9.59 Å². The summed E-state index contributed by atoms with van der Waals surface area (Å²) < 4.78 is 0. The first-order valence-corrected chi connectivity index (χ1v) is 6.40. The summed E-state index contributed by atoms with van der Waals surface area (Å²) in [5, 5.41) is 11.6. The van der Waals surface area contributed by atoms with E-state index in [1.807, 2.05) is 26.0 Å². The zero-order chi connectivity index (χ0) is 12.6. The highest BCUT2D eigenvalue weighted by Gasteiger charge is 2.48. The molecule has 0 aliphatic heterocycles. The van der Waals surface area contributed by atoms with Crippen molar-refractivity contribution in [3.8, 4) is 0 Å². The number of thiophene rings is 1. The van der Waals surface area contributed by atoms with E-state index in [2.05, 4.69) is 5.32 Å². The lowest BCUT2D eigenvalue weighted by molar-refractivity contribution is -0.140. The van der Waals surface area contributed by atoms with Crippen LogP contribution in [0.4, 0.5) is 0 Å². The van der Waals surface area contributed by atoms with Crippen LogP contribution in [0.25, 0.3) is 0 Å². The summed E-state index contributed by atoms with van der Waals surface area (Å²) in [6.45, 7) is 3.94. The van der Waals surface area contributed by atoms with Crippen molar-refractivity contribution in [1.29, 1.82) is 0 Å². The van der Waals surface area contributed by atoms with Crippen molar-refractivity contribution in [3.05, 3.63) is 21.9 Å². The molecule has 17 heavy (non-hydrogen) atoms. The molecule has 1 aromatic rings. The van der Waals surface area contributed by atoms with Crippen LogP contribution in [0.15, 0.2) is 12.1 Å². The molecular formula is C12H15NO3S. The van der Waals surface area contributed by atoms with Crippen molar-refractivity contribution in [2.45, 2.75) is 26.3 Å². The molecule has 1 aromatic heterocycles. The zero-order valence-corrected chi connectivity index (χ0v) is 10.6. The highest BCUT2D eigenvalue weighted by atomic mass is 32.1. The molecule has 2 rings (SSSR count). The van der Waals surface area contributed by atoms with E-state index in [1.54, 1.807) is 11.3 Å². The topological polar surface area (TPSA) is 66.4 Å². The number of carboxylic acids is 1. The molecule has 0 bridgehead atoms. The summed E-state index contributed by atoms with van der Waals surface area (Å²) in [5.74, 6) is -1.83. The third kappa shape index (κ3) is 2.66. The zero-order valence-electron chi connectivity index (χ0n) is 9.77. The number of nitrogens with one attached hydrogen (secondary N) is 1. The van der Waals surface area contributed by atoms with Crippen molar-refractivity contribution < 1.29 is 14.7 Å². The van der Waals surface area contributed by atoms with E-state index in [4.69, 9.17) is 5.11 Å². The van der Waals surface area contributed by atoms with Crippen molar-refractivity contribution >= 4 is 23.2 Å². The monoisotopic (exact) mass is 253 g/mol. The molecule has 4 nitrogen and oxygen atoms in total. The highest BCUT2D eigenvalue weighted by molar-refractivity contribution is 7.12. The Hall–Kier alpha value is -1.36. The van der Waals surface area contributed by atoms with Gasteiger partial charge in [-0.3, -0.25) is 9.59 Å². The van der Waals surface area contributed by atoms with E-state index >= 15 is 0 Å². The van der Waals surface area contributed by atoms with Gasteiger partial charge in [-0.05, 0) is 32.4 Å². The number of hydrogen-bond acceptors (Lipinski definition) is 3. The van der Waals surface area contributed by atoms with Crippen LogP contribution in [0, 0.1) is 18.8 Å². The van der Waals surface area contributed by atoms with Gasteiger partial charge in [-0.25, -0.2) is 0 Å². The SMILES string of the molecule is Cc1ccc(C(C)NC(=O)C2CC2C(=O)O)s1. The molecule has 0 saturated heterocycles. The van der Waals surface area contributed by atoms with Gasteiger partial charge in [0.2, 0.25) is 5.91 Å². The molecule has 92 valence electrons. The third-order valence-corrected chi connectivity index (χ3v) is 4.17. The Kier molecular flexibility index (Phi) is 3.19. The van der Waals surface area contributed by atoms with Crippen LogP contribution < -0.4 is 5.32 Å². The number of carbonyl (C=O) groups excluding carboxylic acids is 1. The molecule has 2 N–H and O–H groups in total. The fourth-order valence-electron chi connectivity index (χ4n) is 1.84. The fraction of sp³-hybridized carbons (Fsp3) is 0.500. The predicted molar refractivity (Wildman–Crippen MR) is 64.8 cm³/mol. The van der Waals surface area contributed by atoms with Crippen LogP contribution >= 0.6 is 11.3 Å². The summed E-state index contributed by atoms with van der Waals surface area (Å²) in [6.07, 6.45) is 0.470. The number of carbonyl (C=O) groups is 2. The van der Waals surface area contributed by atoms with E-state index in [0.717, 1.165) is 4.88 Å². The number of rotatable bonds is 4. The summed E-state index contributed by atoms with van der Waals surface area (Å²) in [6, 6.07) is 3.96. The maximum absolute atomic E-state index is 11.7. The normalized spacial score (nSPS) is 24.1. The number of aryl methyl sites for hydroxylation is 1. The number of amides is 1. The average molecular weight is 253 g/mol. The van der Waals surface area contributed by atoms with Gasteiger partial charge >= 0.3 is 5.97 Å². The summed E-state index contributed by atoms with van der Waals surface area (Å²) in [5.41, 5.74) is 0. The Morgan fingerprint density at radius 1 is 1.47 bits per heavy atom. The Morgan fingerprint density at radius 2 is 2.18 bits per heavy atom. The standard InChI is InChI=1S/C12H15NO3S/c1-6-3-4-10(17-6)7(2)13-11(14)8-5-9(8)12(15)16/h3-4,7-9H,5H2,1-2H3,(H,13,14)(H,15,16). The Balaban J connectivity index is 1.90. The van der Waals surface area contributed by atoms with E-state index in [9.17, 15) is 9.59 Å². The first kappa shape index (κ1) is 12.1. The molecule has 3 atom stereocenters. The minimum atomic E-state index is -0.871. The van der Waals surface area contributed by atoms with Gasteiger partial charge in [0.05, 0.1) is 17.9 Å². The van der Waals surface area contributed by atoms with Crippen molar-refractivity contribution in [2.75, 3.05) is 0 Å². The lowest BCUT2D eigenvalue weighted by Gasteiger charge is -2.11. The molecule has 1 amide bonds. The van der Waals surface area contributed by atoms with Gasteiger partial charge in [0.15, 0.2) is 0 Å². The molecule has 1 aliphatic carbocycles. The highest BCUT2D eigenvalue weighted by Crippen LogP contribution is 2.39. The fourth-order valence-corrected chi connectivity index (χ4v) is 2.72. The van der Waals surface area contributed by atoms with Gasteiger partial charge in [-0.2, -0.15) is 0 Å². The van der Waals surface area contributed by atoms with Gasteiger partial charge < -0.3 is 10.4 Å². The molecule has 1 aliphatic rings. The molecule has 0 aromatic carbocycles. The van der Waals surface area contributed by atoms with Crippen LogP contribution in [0.2, 0.25) is 0 Å². The first-order chi connectivity index (χ1) is 7.99. The van der Waals surface area contributed by atoms with Crippen molar-refractivity contribution in [3.63, 3.8) is 0 Å². The lowest BCUT2D eigenvalue weighted by Crippen LogP contribution is -2.28. The quantitative estimate of drug-likeness (QED) is 0.862. The van der Waals surface area contributed by atoms with Gasteiger partial charge in [0.1, 0.15) is 0 Å². The summed E-state index contributed by atoms with van der Waals surface area (Å²) in [7, 11) is 0. The van der Waals surface area contributed by atoms with Crippen molar-refractivity contribution in [2.24, 2.45) is 11.8 Å². The van der Waals surface area contributed by atoms with Gasteiger partial charge in [-0.15, -0.1) is 11.3 Å². The van der Waals surface area contributed by atoms with Gasteiger partial charge in [0, 0.05) is 9.75 Å². The smallest absolute Gasteiger partial charge is 0.307 e. The molecule has 0 spiro atoms. The van der Waals surface area contributed by atoms with Crippen LogP contribution in [-0.4, -0.2) is 17.0 Å².